The molecule has 2 aromatic carbocycles. The molecule has 0 aliphatic heterocycles. The number of benzene rings is 2. The standard InChI is InChI=1S/C26H27Cl2N3O2/c27-21-10-17(11-22(28)26(21)33)16-5-8-23-19(9-16)24(20(13-30-23)25(32)15-3-4-15)31-18-6-1-14(12-29)2-7-18/h5,8-11,13-15,18,33H,1-4,6-7,12,29H2,(H,30,31)/t14-,18-. The van der Waals surface area contributed by atoms with Gasteiger partial charge in [0.2, 0.25) is 0 Å². The Balaban J connectivity index is 1.59. The molecule has 5 nitrogen and oxygen atoms in total. The van der Waals surface area contributed by atoms with Crippen molar-refractivity contribution in [1.82, 2.24) is 4.98 Å². The molecule has 3 aromatic rings. The molecule has 0 saturated heterocycles. The minimum atomic E-state index is -0.128. The number of fused-ring (bicyclic) bond motifs is 1. The van der Waals surface area contributed by atoms with Crippen LogP contribution in [0, 0.1) is 11.8 Å². The van der Waals surface area contributed by atoms with Crippen molar-refractivity contribution in [2.24, 2.45) is 17.6 Å². The molecule has 0 radical (unpaired) electrons. The molecule has 4 N–H and O–H groups in total. The Morgan fingerprint density at radius 1 is 1.03 bits per heavy atom. The van der Waals surface area contributed by atoms with Gasteiger partial charge in [-0.25, -0.2) is 0 Å². The first-order valence-corrected chi connectivity index (χ1v) is 12.3. The topological polar surface area (TPSA) is 88.2 Å². The zero-order valence-electron chi connectivity index (χ0n) is 18.3. The molecule has 1 heterocycles. The lowest BCUT2D eigenvalue weighted by Gasteiger charge is -2.30. The first-order chi connectivity index (χ1) is 15.9. The van der Waals surface area contributed by atoms with Crippen molar-refractivity contribution in [3.05, 3.63) is 52.1 Å². The van der Waals surface area contributed by atoms with Crippen molar-refractivity contribution >= 4 is 45.6 Å². The number of Topliss-reactive ketones (excluding diaryl/α,β-unsaturated/α-hetero) is 1. The number of aromatic nitrogens is 1. The third-order valence-electron chi connectivity index (χ3n) is 6.96. The molecule has 0 spiro atoms. The highest BCUT2D eigenvalue weighted by molar-refractivity contribution is 6.37. The summed E-state index contributed by atoms with van der Waals surface area (Å²) in [7, 11) is 0. The van der Waals surface area contributed by atoms with E-state index in [4.69, 9.17) is 28.9 Å². The van der Waals surface area contributed by atoms with E-state index in [0.717, 1.165) is 72.8 Å². The van der Waals surface area contributed by atoms with Gasteiger partial charge in [-0.1, -0.05) is 29.3 Å². The van der Waals surface area contributed by atoms with Gasteiger partial charge in [0.15, 0.2) is 11.5 Å². The number of halogens is 2. The van der Waals surface area contributed by atoms with Crippen LogP contribution in [-0.4, -0.2) is 28.5 Å². The molecule has 33 heavy (non-hydrogen) atoms. The third kappa shape index (κ3) is 4.54. The smallest absolute Gasteiger partial charge is 0.169 e. The van der Waals surface area contributed by atoms with E-state index in [-0.39, 0.29) is 27.5 Å². The highest BCUT2D eigenvalue weighted by Crippen LogP contribution is 2.40. The van der Waals surface area contributed by atoms with Crippen LogP contribution in [0.15, 0.2) is 36.5 Å². The number of pyridine rings is 1. The van der Waals surface area contributed by atoms with Crippen molar-refractivity contribution in [3.8, 4) is 16.9 Å². The number of aromatic hydroxyl groups is 1. The van der Waals surface area contributed by atoms with Gasteiger partial charge in [-0.15, -0.1) is 0 Å². The van der Waals surface area contributed by atoms with Crippen molar-refractivity contribution in [1.29, 1.82) is 0 Å². The Labute approximate surface area is 203 Å². The third-order valence-corrected chi connectivity index (χ3v) is 7.54. The molecular formula is C26H27Cl2N3O2. The van der Waals surface area contributed by atoms with E-state index in [9.17, 15) is 9.90 Å². The Bertz CT molecular complexity index is 1190. The van der Waals surface area contributed by atoms with Gasteiger partial charge < -0.3 is 16.2 Å². The molecule has 0 amide bonds. The van der Waals surface area contributed by atoms with Gasteiger partial charge in [0.1, 0.15) is 0 Å². The summed E-state index contributed by atoms with van der Waals surface area (Å²) in [4.78, 5) is 17.7. The number of phenolic OH excluding ortho intramolecular Hbond substituents is 1. The highest BCUT2D eigenvalue weighted by atomic mass is 35.5. The fourth-order valence-electron chi connectivity index (χ4n) is 4.76. The summed E-state index contributed by atoms with van der Waals surface area (Å²) in [5.41, 5.74) is 9.91. The minimum absolute atomic E-state index is 0.107. The quantitative estimate of drug-likeness (QED) is 0.351. The number of nitrogens with zero attached hydrogens (tertiary/aromatic N) is 1. The number of hydrogen-bond acceptors (Lipinski definition) is 5. The van der Waals surface area contributed by atoms with Crippen LogP contribution < -0.4 is 11.1 Å². The van der Waals surface area contributed by atoms with Crippen LogP contribution in [0.25, 0.3) is 22.0 Å². The second kappa shape index (κ2) is 9.13. The van der Waals surface area contributed by atoms with Gasteiger partial charge >= 0.3 is 0 Å². The Kier molecular flexibility index (Phi) is 6.21. The molecule has 2 fully saturated rings. The normalized spacial score (nSPS) is 20.7. The van der Waals surface area contributed by atoms with Gasteiger partial charge in [-0.3, -0.25) is 9.78 Å². The summed E-state index contributed by atoms with van der Waals surface area (Å²) < 4.78 is 0. The van der Waals surface area contributed by atoms with Crippen LogP contribution >= 0.6 is 23.2 Å². The fraction of sp³-hybridized carbons (Fsp3) is 0.385. The molecule has 2 saturated carbocycles. The number of phenols is 1. The predicted octanol–water partition coefficient (Wildman–Crippen LogP) is 6.44. The van der Waals surface area contributed by atoms with E-state index >= 15 is 0 Å². The maximum absolute atomic E-state index is 13.1. The van der Waals surface area contributed by atoms with Crippen LogP contribution in [0.1, 0.15) is 48.9 Å². The number of anilines is 1. The molecule has 0 bridgehead atoms. The Morgan fingerprint density at radius 2 is 1.73 bits per heavy atom. The largest absolute Gasteiger partial charge is 0.505 e. The van der Waals surface area contributed by atoms with Crippen molar-refractivity contribution < 1.29 is 9.90 Å². The lowest BCUT2D eigenvalue weighted by molar-refractivity contribution is 0.0968. The molecular weight excluding hydrogens is 457 g/mol. The second-order valence-electron chi connectivity index (χ2n) is 9.30. The van der Waals surface area contributed by atoms with Gasteiger partial charge in [0.05, 0.1) is 26.8 Å². The summed E-state index contributed by atoms with van der Waals surface area (Å²) in [6.07, 6.45) is 7.88. The van der Waals surface area contributed by atoms with E-state index in [1.165, 1.54) is 0 Å². The monoisotopic (exact) mass is 483 g/mol. The van der Waals surface area contributed by atoms with Gasteiger partial charge in [0.25, 0.3) is 0 Å². The van der Waals surface area contributed by atoms with Crippen LogP contribution in [0.2, 0.25) is 10.0 Å². The number of rotatable bonds is 6. The summed E-state index contributed by atoms with van der Waals surface area (Å²) in [6, 6.07) is 9.60. The minimum Gasteiger partial charge on any atom is -0.505 e. The zero-order valence-corrected chi connectivity index (χ0v) is 19.8. The van der Waals surface area contributed by atoms with Gasteiger partial charge in [0, 0.05) is 23.5 Å². The highest BCUT2D eigenvalue weighted by Gasteiger charge is 2.33. The molecule has 0 unspecified atom stereocenters. The molecule has 1 aromatic heterocycles. The lowest BCUT2D eigenvalue weighted by atomic mass is 9.85. The first-order valence-electron chi connectivity index (χ1n) is 11.6. The van der Waals surface area contributed by atoms with E-state index in [1.54, 1.807) is 18.3 Å². The predicted molar refractivity (Wildman–Crippen MR) is 134 cm³/mol. The average molecular weight is 484 g/mol. The molecule has 5 rings (SSSR count). The van der Waals surface area contributed by atoms with Crippen LogP contribution in [-0.2, 0) is 0 Å². The molecule has 2 aliphatic carbocycles. The molecule has 0 atom stereocenters. The van der Waals surface area contributed by atoms with Gasteiger partial charge in [-0.05, 0) is 86.4 Å². The maximum Gasteiger partial charge on any atom is 0.169 e. The number of hydrogen-bond donors (Lipinski definition) is 3. The van der Waals surface area contributed by atoms with Gasteiger partial charge in [-0.2, -0.15) is 0 Å². The Morgan fingerprint density at radius 3 is 2.36 bits per heavy atom. The van der Waals surface area contributed by atoms with Crippen molar-refractivity contribution in [2.75, 3.05) is 11.9 Å². The maximum atomic E-state index is 13.1. The van der Waals surface area contributed by atoms with E-state index in [1.807, 2.05) is 18.2 Å². The van der Waals surface area contributed by atoms with E-state index in [0.29, 0.717) is 17.5 Å². The lowest BCUT2D eigenvalue weighted by Crippen LogP contribution is -2.29. The fourth-order valence-corrected chi connectivity index (χ4v) is 5.25. The van der Waals surface area contributed by atoms with E-state index in [2.05, 4.69) is 10.3 Å². The number of nitrogens with two attached hydrogens (primary N) is 1. The number of carbonyl (C=O) groups excluding carboxylic acids is 1. The molecule has 7 heteroatoms. The zero-order chi connectivity index (χ0) is 23.1. The summed E-state index contributed by atoms with van der Waals surface area (Å²) in [5, 5.41) is 15.0. The Hall–Kier alpha value is -2.34. The number of carbonyl (C=O) groups is 1. The average Bonchev–Trinajstić information content (AvgIpc) is 3.68. The van der Waals surface area contributed by atoms with Crippen LogP contribution in [0.3, 0.4) is 0 Å². The summed E-state index contributed by atoms with van der Waals surface area (Å²) in [6.45, 7) is 0.734. The van der Waals surface area contributed by atoms with E-state index < -0.39 is 0 Å². The molecule has 172 valence electrons. The second-order valence-corrected chi connectivity index (χ2v) is 10.1. The summed E-state index contributed by atoms with van der Waals surface area (Å²) >= 11 is 12.3. The van der Waals surface area contributed by atoms with Crippen LogP contribution in [0.5, 0.6) is 5.75 Å². The SMILES string of the molecule is NC[C@H]1CC[C@H](Nc2c(C(=O)C3CC3)cnc3ccc(-c4cc(Cl)c(O)c(Cl)c4)cc23)CC1. The summed E-state index contributed by atoms with van der Waals surface area (Å²) in [5.74, 6) is 0.733. The van der Waals surface area contributed by atoms with Crippen LogP contribution in [0.4, 0.5) is 5.69 Å². The molecule has 2 aliphatic rings. The number of nitrogens with one attached hydrogen (secondary N) is 1. The van der Waals surface area contributed by atoms with Crippen molar-refractivity contribution in [3.63, 3.8) is 0 Å². The number of ketones is 1. The van der Waals surface area contributed by atoms with Crippen molar-refractivity contribution in [2.45, 2.75) is 44.6 Å². The first kappa shape index (κ1) is 22.5.